The number of carbonyl (C=O) groups excluding carboxylic acids is 2. The van der Waals surface area contributed by atoms with Gasteiger partial charge in [0.05, 0.1) is 12.2 Å². The number of hydrogen-bond donors (Lipinski definition) is 0. The summed E-state index contributed by atoms with van der Waals surface area (Å²) in [4.78, 5) is 28.3. The van der Waals surface area contributed by atoms with E-state index in [1.54, 1.807) is 11.9 Å². The lowest BCUT2D eigenvalue weighted by Gasteiger charge is -2.22. The van der Waals surface area contributed by atoms with Crippen molar-refractivity contribution in [1.29, 1.82) is 0 Å². The molecule has 0 atom stereocenters. The highest BCUT2D eigenvalue weighted by atomic mass is 19.2. The Bertz CT molecular complexity index is 906. The van der Waals surface area contributed by atoms with Crippen molar-refractivity contribution in [2.24, 2.45) is 0 Å². The number of halogens is 2. The van der Waals surface area contributed by atoms with Crippen molar-refractivity contribution >= 4 is 11.8 Å². The van der Waals surface area contributed by atoms with Crippen LogP contribution in [0.4, 0.5) is 8.78 Å². The van der Waals surface area contributed by atoms with Gasteiger partial charge in [-0.3, -0.25) is 9.59 Å². The molecule has 0 saturated heterocycles. The summed E-state index contributed by atoms with van der Waals surface area (Å²) in [7, 11) is 1.57. The highest BCUT2D eigenvalue weighted by Crippen LogP contribution is 2.29. The molecule has 2 aromatic rings. The van der Waals surface area contributed by atoms with Crippen molar-refractivity contribution in [2.75, 3.05) is 26.7 Å². The molecule has 0 spiro atoms. The Labute approximate surface area is 162 Å². The zero-order valence-corrected chi connectivity index (χ0v) is 16.3. The summed E-state index contributed by atoms with van der Waals surface area (Å²) >= 11 is 0. The second kappa shape index (κ2) is 8.08. The summed E-state index contributed by atoms with van der Waals surface area (Å²) in [6.45, 7) is 4.90. The third-order valence-corrected chi connectivity index (χ3v) is 5.12. The smallest absolute Gasteiger partial charge is 0.274 e. The molecule has 1 aromatic heterocycles. The Morgan fingerprint density at radius 1 is 1.14 bits per heavy atom. The molecule has 0 saturated carbocycles. The zero-order valence-electron chi connectivity index (χ0n) is 16.3. The molecule has 1 heterocycles. The van der Waals surface area contributed by atoms with Gasteiger partial charge < -0.3 is 9.80 Å². The Hall–Kier alpha value is -2.77. The lowest BCUT2D eigenvalue weighted by Crippen LogP contribution is -2.41. The Morgan fingerprint density at radius 3 is 2.50 bits per heavy atom. The van der Waals surface area contributed by atoms with Crippen molar-refractivity contribution in [3.63, 3.8) is 0 Å². The molecule has 2 amide bonds. The number of carbonyl (C=O) groups is 2. The number of aromatic nitrogens is 2. The summed E-state index contributed by atoms with van der Waals surface area (Å²) < 4.78 is 28.4. The van der Waals surface area contributed by atoms with E-state index in [2.05, 4.69) is 5.10 Å². The van der Waals surface area contributed by atoms with E-state index in [1.807, 2.05) is 13.8 Å². The topological polar surface area (TPSA) is 58.4 Å². The van der Waals surface area contributed by atoms with Crippen LogP contribution in [0.1, 0.15) is 42.0 Å². The first-order valence-electron chi connectivity index (χ1n) is 9.46. The van der Waals surface area contributed by atoms with Crippen LogP contribution in [0, 0.1) is 11.6 Å². The molecular weight excluding hydrogens is 366 g/mol. The van der Waals surface area contributed by atoms with E-state index in [-0.39, 0.29) is 24.1 Å². The summed E-state index contributed by atoms with van der Waals surface area (Å²) in [5.41, 5.74) is 2.29. The second-order valence-corrected chi connectivity index (χ2v) is 6.86. The fourth-order valence-corrected chi connectivity index (χ4v) is 3.57. The summed E-state index contributed by atoms with van der Waals surface area (Å²) in [6, 6.07) is 3.55. The standard InChI is InChI=1S/C20H24F2N4O2/c1-4-25(5-2)18(27)12-24(3)20(28)19-14-7-6-8-17(14)26(23-19)13-9-10-15(21)16(22)11-13/h9-11H,4-8,12H2,1-3H3. The van der Waals surface area contributed by atoms with Crippen molar-refractivity contribution in [2.45, 2.75) is 33.1 Å². The van der Waals surface area contributed by atoms with Crippen LogP contribution in [-0.2, 0) is 17.6 Å². The number of amides is 2. The number of nitrogens with zero attached hydrogens (tertiary/aromatic N) is 4. The average molecular weight is 390 g/mol. The number of likely N-dealkylation sites (N-methyl/N-ethyl adjacent to an activating group) is 2. The van der Waals surface area contributed by atoms with Crippen LogP contribution in [0.5, 0.6) is 0 Å². The highest BCUT2D eigenvalue weighted by molar-refractivity contribution is 5.96. The van der Waals surface area contributed by atoms with Crippen LogP contribution in [0.3, 0.4) is 0 Å². The summed E-state index contributed by atoms with van der Waals surface area (Å²) in [5, 5.41) is 4.40. The second-order valence-electron chi connectivity index (χ2n) is 6.86. The van der Waals surface area contributed by atoms with Crippen LogP contribution in [0.2, 0.25) is 0 Å². The first-order chi connectivity index (χ1) is 13.4. The fourth-order valence-electron chi connectivity index (χ4n) is 3.57. The van der Waals surface area contributed by atoms with E-state index in [0.29, 0.717) is 31.6 Å². The Morgan fingerprint density at radius 2 is 1.86 bits per heavy atom. The Kier molecular flexibility index (Phi) is 5.76. The van der Waals surface area contributed by atoms with E-state index >= 15 is 0 Å². The van der Waals surface area contributed by atoms with Crippen molar-refractivity contribution in [3.05, 3.63) is 46.8 Å². The lowest BCUT2D eigenvalue weighted by molar-refractivity contribution is -0.131. The van der Waals surface area contributed by atoms with Crippen LogP contribution in [0.15, 0.2) is 18.2 Å². The molecule has 0 N–H and O–H groups in total. The molecular formula is C20H24F2N4O2. The minimum atomic E-state index is -0.963. The van der Waals surface area contributed by atoms with Crippen molar-refractivity contribution in [3.8, 4) is 5.69 Å². The fraction of sp³-hybridized carbons (Fsp3) is 0.450. The molecule has 0 aliphatic heterocycles. The highest BCUT2D eigenvalue weighted by Gasteiger charge is 2.29. The van der Waals surface area contributed by atoms with Gasteiger partial charge in [-0.05, 0) is 45.2 Å². The van der Waals surface area contributed by atoms with E-state index in [4.69, 9.17) is 0 Å². The molecule has 0 radical (unpaired) electrons. The summed E-state index contributed by atoms with van der Waals surface area (Å²) in [6.07, 6.45) is 2.26. The van der Waals surface area contributed by atoms with Gasteiger partial charge in [-0.15, -0.1) is 0 Å². The number of rotatable bonds is 6. The minimum absolute atomic E-state index is 0.0344. The quantitative estimate of drug-likeness (QED) is 0.762. The van der Waals surface area contributed by atoms with Gasteiger partial charge in [-0.1, -0.05) is 0 Å². The van der Waals surface area contributed by atoms with Crippen LogP contribution in [-0.4, -0.2) is 58.1 Å². The van der Waals surface area contributed by atoms with Gasteiger partial charge in [0.2, 0.25) is 5.91 Å². The maximum atomic E-state index is 13.7. The molecule has 8 heteroatoms. The maximum Gasteiger partial charge on any atom is 0.274 e. The third-order valence-electron chi connectivity index (χ3n) is 5.12. The zero-order chi connectivity index (χ0) is 20.4. The first-order valence-corrected chi connectivity index (χ1v) is 9.46. The predicted molar refractivity (Wildman–Crippen MR) is 100 cm³/mol. The molecule has 1 aliphatic carbocycles. The van der Waals surface area contributed by atoms with Crippen molar-refractivity contribution < 1.29 is 18.4 Å². The van der Waals surface area contributed by atoms with E-state index in [1.165, 1.54) is 15.6 Å². The van der Waals surface area contributed by atoms with E-state index in [9.17, 15) is 18.4 Å². The average Bonchev–Trinajstić information content (AvgIpc) is 3.27. The van der Waals surface area contributed by atoms with Gasteiger partial charge in [0.1, 0.15) is 0 Å². The van der Waals surface area contributed by atoms with Gasteiger partial charge in [0.15, 0.2) is 17.3 Å². The van der Waals surface area contributed by atoms with Crippen LogP contribution in [0.25, 0.3) is 5.69 Å². The molecule has 0 fully saturated rings. The molecule has 3 rings (SSSR count). The normalized spacial score (nSPS) is 12.8. The van der Waals surface area contributed by atoms with Gasteiger partial charge in [0.25, 0.3) is 5.91 Å². The van der Waals surface area contributed by atoms with Crippen LogP contribution >= 0.6 is 0 Å². The molecule has 28 heavy (non-hydrogen) atoms. The molecule has 6 nitrogen and oxygen atoms in total. The number of hydrogen-bond acceptors (Lipinski definition) is 3. The summed E-state index contributed by atoms with van der Waals surface area (Å²) in [5.74, 6) is -2.37. The lowest BCUT2D eigenvalue weighted by atomic mass is 10.2. The molecule has 0 unspecified atom stereocenters. The van der Waals surface area contributed by atoms with Gasteiger partial charge in [-0.25, -0.2) is 13.5 Å². The van der Waals surface area contributed by atoms with E-state index < -0.39 is 11.6 Å². The van der Waals surface area contributed by atoms with Crippen molar-refractivity contribution in [1.82, 2.24) is 19.6 Å². The monoisotopic (exact) mass is 390 g/mol. The van der Waals surface area contributed by atoms with Gasteiger partial charge in [-0.2, -0.15) is 5.10 Å². The molecule has 1 aromatic carbocycles. The Balaban J connectivity index is 1.89. The third kappa shape index (κ3) is 3.63. The van der Waals surface area contributed by atoms with Crippen LogP contribution < -0.4 is 0 Å². The minimum Gasteiger partial charge on any atom is -0.342 e. The van der Waals surface area contributed by atoms with Gasteiger partial charge >= 0.3 is 0 Å². The predicted octanol–water partition coefficient (Wildman–Crippen LogP) is 2.58. The van der Waals surface area contributed by atoms with E-state index in [0.717, 1.165) is 29.8 Å². The number of fused-ring (bicyclic) bond motifs is 1. The first kappa shape index (κ1) is 20.0. The SMILES string of the molecule is CCN(CC)C(=O)CN(C)C(=O)c1nn(-c2ccc(F)c(F)c2)c2c1CCC2. The molecule has 0 bridgehead atoms. The largest absolute Gasteiger partial charge is 0.342 e. The molecule has 1 aliphatic rings. The number of benzene rings is 1. The maximum absolute atomic E-state index is 13.7. The van der Waals surface area contributed by atoms with Gasteiger partial charge in [0, 0.05) is 37.5 Å². The molecule has 150 valence electrons.